The Morgan fingerprint density at radius 2 is 2.14 bits per heavy atom. The lowest BCUT2D eigenvalue weighted by atomic mass is 9.94. The number of aliphatic carboxylic acids is 1. The Morgan fingerprint density at radius 1 is 1.48 bits per heavy atom. The molecule has 0 amide bonds. The highest BCUT2D eigenvalue weighted by Crippen LogP contribution is 2.28. The molecule has 0 aromatic heterocycles. The fraction of sp³-hybridized carbons (Fsp3) is 0.500. The molecule has 1 rings (SSSR count). The van der Waals surface area contributed by atoms with E-state index in [1.807, 2.05) is 13.8 Å². The summed E-state index contributed by atoms with van der Waals surface area (Å²) in [5.41, 5.74) is 0.380. The van der Waals surface area contributed by atoms with Crippen molar-refractivity contribution < 1.29 is 14.8 Å². The van der Waals surface area contributed by atoms with Crippen LogP contribution in [0.4, 0.5) is 11.4 Å². The number of carboxylic acids is 1. The summed E-state index contributed by atoms with van der Waals surface area (Å²) >= 11 is 3.20. The molecule has 0 heterocycles. The number of anilines is 1. The minimum Gasteiger partial charge on any atom is -0.481 e. The van der Waals surface area contributed by atoms with Gasteiger partial charge >= 0.3 is 5.97 Å². The van der Waals surface area contributed by atoms with Crippen molar-refractivity contribution in [2.45, 2.75) is 26.7 Å². The Labute approximate surface area is 131 Å². The van der Waals surface area contributed by atoms with Crippen LogP contribution < -0.4 is 5.32 Å². The van der Waals surface area contributed by atoms with Crippen LogP contribution >= 0.6 is 15.9 Å². The maximum Gasteiger partial charge on any atom is 0.303 e. The summed E-state index contributed by atoms with van der Waals surface area (Å²) in [6.45, 7) is 4.45. The summed E-state index contributed by atoms with van der Waals surface area (Å²) < 4.78 is 0.629. The van der Waals surface area contributed by atoms with Gasteiger partial charge in [0.05, 0.1) is 4.92 Å². The Kier molecular flexibility index (Phi) is 6.61. The van der Waals surface area contributed by atoms with Gasteiger partial charge in [-0.1, -0.05) is 29.8 Å². The van der Waals surface area contributed by atoms with Crippen LogP contribution in [0.2, 0.25) is 0 Å². The van der Waals surface area contributed by atoms with Gasteiger partial charge in [-0.25, -0.2) is 0 Å². The van der Waals surface area contributed by atoms with Crippen molar-refractivity contribution in [2.24, 2.45) is 11.8 Å². The van der Waals surface area contributed by atoms with Crippen LogP contribution in [0.15, 0.2) is 22.7 Å². The molecule has 6 nitrogen and oxygen atoms in total. The van der Waals surface area contributed by atoms with E-state index in [1.54, 1.807) is 12.1 Å². The summed E-state index contributed by atoms with van der Waals surface area (Å²) in [5.74, 6) is -0.547. The Morgan fingerprint density at radius 3 is 2.67 bits per heavy atom. The number of rotatable bonds is 8. The highest BCUT2D eigenvalue weighted by atomic mass is 79.9. The minimum absolute atomic E-state index is 0.0250. The van der Waals surface area contributed by atoms with Crippen LogP contribution in [0.1, 0.15) is 26.7 Å². The molecule has 1 aromatic carbocycles. The molecule has 0 spiro atoms. The van der Waals surface area contributed by atoms with E-state index in [4.69, 9.17) is 5.11 Å². The van der Waals surface area contributed by atoms with Crippen LogP contribution in [-0.4, -0.2) is 22.5 Å². The first-order valence-electron chi connectivity index (χ1n) is 6.69. The Hall–Kier alpha value is -1.63. The molecule has 0 aliphatic heterocycles. The second-order valence-corrected chi connectivity index (χ2v) is 6.31. The Balaban J connectivity index is 2.79. The van der Waals surface area contributed by atoms with Gasteiger partial charge in [0, 0.05) is 23.5 Å². The van der Waals surface area contributed by atoms with Crippen molar-refractivity contribution in [1.82, 2.24) is 0 Å². The quantitative estimate of drug-likeness (QED) is 0.542. The van der Waals surface area contributed by atoms with Crippen molar-refractivity contribution in [3.8, 4) is 0 Å². The molecule has 2 N–H and O–H groups in total. The SMILES string of the molecule is CC(C)CC(CNc1ccc(Br)cc1[N+](=O)[O-])CC(=O)O. The predicted octanol–water partition coefficient (Wildman–Crippen LogP) is 3.91. The van der Waals surface area contributed by atoms with Crippen LogP contribution in [0, 0.1) is 22.0 Å². The fourth-order valence-electron chi connectivity index (χ4n) is 2.21. The summed E-state index contributed by atoms with van der Waals surface area (Å²) in [7, 11) is 0. The molecule has 1 aromatic rings. The molecule has 0 bridgehead atoms. The number of nitro groups is 1. The first kappa shape index (κ1) is 17.4. The van der Waals surface area contributed by atoms with Crippen molar-refractivity contribution >= 4 is 33.3 Å². The second-order valence-electron chi connectivity index (χ2n) is 5.39. The Bertz CT molecular complexity index is 520. The number of carboxylic acid groups (broad SMARTS) is 1. The highest BCUT2D eigenvalue weighted by molar-refractivity contribution is 9.10. The first-order valence-corrected chi connectivity index (χ1v) is 7.48. The van der Waals surface area contributed by atoms with E-state index < -0.39 is 10.9 Å². The van der Waals surface area contributed by atoms with E-state index in [9.17, 15) is 14.9 Å². The molecule has 0 aliphatic carbocycles. The highest BCUT2D eigenvalue weighted by Gasteiger charge is 2.18. The number of hydrogen-bond donors (Lipinski definition) is 2. The zero-order valence-electron chi connectivity index (χ0n) is 12.0. The lowest BCUT2D eigenvalue weighted by Gasteiger charge is -2.18. The molecular formula is C14H19BrN2O4. The molecule has 0 radical (unpaired) electrons. The van der Waals surface area contributed by atoms with E-state index in [-0.39, 0.29) is 18.0 Å². The number of hydrogen-bond acceptors (Lipinski definition) is 4. The number of nitrogens with zero attached hydrogens (tertiary/aromatic N) is 1. The zero-order valence-corrected chi connectivity index (χ0v) is 13.6. The maximum absolute atomic E-state index is 11.0. The molecule has 0 aliphatic rings. The molecule has 1 unspecified atom stereocenters. The number of nitrogens with one attached hydrogen (secondary N) is 1. The largest absolute Gasteiger partial charge is 0.481 e. The smallest absolute Gasteiger partial charge is 0.303 e. The van der Waals surface area contributed by atoms with Gasteiger partial charge in [-0.2, -0.15) is 0 Å². The molecule has 116 valence electrons. The normalized spacial score (nSPS) is 12.2. The van der Waals surface area contributed by atoms with Crippen LogP contribution in [-0.2, 0) is 4.79 Å². The summed E-state index contributed by atoms with van der Waals surface area (Å²) in [4.78, 5) is 21.4. The van der Waals surface area contributed by atoms with E-state index in [0.29, 0.717) is 22.6 Å². The van der Waals surface area contributed by atoms with Gasteiger partial charge in [-0.3, -0.25) is 14.9 Å². The third-order valence-electron chi connectivity index (χ3n) is 3.01. The van der Waals surface area contributed by atoms with Gasteiger partial charge in [0.25, 0.3) is 5.69 Å². The molecule has 7 heteroatoms. The molecule has 21 heavy (non-hydrogen) atoms. The van der Waals surface area contributed by atoms with Crippen molar-refractivity contribution in [3.63, 3.8) is 0 Å². The third-order valence-corrected chi connectivity index (χ3v) is 3.50. The van der Waals surface area contributed by atoms with Gasteiger partial charge in [-0.05, 0) is 30.4 Å². The molecule has 0 fully saturated rings. The topological polar surface area (TPSA) is 92.5 Å². The van der Waals surface area contributed by atoms with Gasteiger partial charge in [0.15, 0.2) is 0 Å². The zero-order chi connectivity index (χ0) is 16.0. The van der Waals surface area contributed by atoms with E-state index in [2.05, 4.69) is 21.2 Å². The van der Waals surface area contributed by atoms with Crippen molar-refractivity contribution in [2.75, 3.05) is 11.9 Å². The molecule has 0 saturated heterocycles. The number of halogens is 1. The third kappa shape index (κ3) is 6.12. The average Bonchev–Trinajstić information content (AvgIpc) is 2.35. The van der Waals surface area contributed by atoms with Gasteiger partial charge < -0.3 is 10.4 Å². The summed E-state index contributed by atoms with van der Waals surface area (Å²) in [5, 5.41) is 23.0. The fourth-order valence-corrected chi connectivity index (χ4v) is 2.56. The monoisotopic (exact) mass is 358 g/mol. The van der Waals surface area contributed by atoms with Crippen LogP contribution in [0.3, 0.4) is 0 Å². The predicted molar refractivity (Wildman–Crippen MR) is 84.5 cm³/mol. The number of benzene rings is 1. The van der Waals surface area contributed by atoms with Crippen LogP contribution in [0.5, 0.6) is 0 Å². The van der Waals surface area contributed by atoms with Gasteiger partial charge in [0.2, 0.25) is 0 Å². The van der Waals surface area contributed by atoms with E-state index >= 15 is 0 Å². The summed E-state index contributed by atoms with van der Waals surface area (Å²) in [6.07, 6.45) is 0.805. The van der Waals surface area contributed by atoms with Crippen molar-refractivity contribution in [3.05, 3.63) is 32.8 Å². The van der Waals surface area contributed by atoms with Crippen LogP contribution in [0.25, 0.3) is 0 Å². The molecule has 0 saturated carbocycles. The van der Waals surface area contributed by atoms with E-state index in [1.165, 1.54) is 6.07 Å². The second kappa shape index (κ2) is 7.97. The van der Waals surface area contributed by atoms with Gasteiger partial charge in [0.1, 0.15) is 5.69 Å². The minimum atomic E-state index is -0.854. The maximum atomic E-state index is 11.0. The lowest BCUT2D eigenvalue weighted by molar-refractivity contribution is -0.384. The average molecular weight is 359 g/mol. The first-order chi connectivity index (χ1) is 9.79. The molecule has 1 atom stereocenters. The van der Waals surface area contributed by atoms with Crippen molar-refractivity contribution in [1.29, 1.82) is 0 Å². The summed E-state index contributed by atoms with van der Waals surface area (Å²) in [6, 6.07) is 4.76. The number of carbonyl (C=O) groups is 1. The van der Waals surface area contributed by atoms with E-state index in [0.717, 1.165) is 6.42 Å². The number of nitro benzene ring substituents is 1. The molecular weight excluding hydrogens is 340 g/mol. The standard InChI is InChI=1S/C14H19BrN2O4/c1-9(2)5-10(6-14(18)19)8-16-12-4-3-11(15)7-13(12)17(20)21/h3-4,7,9-10,16H,5-6,8H2,1-2H3,(H,18,19). The van der Waals surface area contributed by atoms with Gasteiger partial charge in [-0.15, -0.1) is 0 Å². The lowest BCUT2D eigenvalue weighted by Crippen LogP contribution is -2.20.